The van der Waals surface area contributed by atoms with Crippen molar-refractivity contribution in [2.75, 3.05) is 25.5 Å². The Bertz CT molecular complexity index is 430. The number of hydrogen-bond donors (Lipinski definition) is 1. The first-order chi connectivity index (χ1) is 8.97. The highest BCUT2D eigenvalue weighted by atomic mass is 79.9. The number of anilines is 1. The Morgan fingerprint density at radius 1 is 1.37 bits per heavy atom. The summed E-state index contributed by atoms with van der Waals surface area (Å²) in [4.78, 5) is 2.39. The molecule has 0 spiro atoms. The van der Waals surface area contributed by atoms with Crippen molar-refractivity contribution in [1.82, 2.24) is 4.90 Å². The lowest BCUT2D eigenvalue weighted by Crippen LogP contribution is -2.39. The van der Waals surface area contributed by atoms with Crippen LogP contribution in [0.2, 0.25) is 10.0 Å². The minimum atomic E-state index is 0.360. The second-order valence-corrected chi connectivity index (χ2v) is 7.07. The fraction of sp³-hybridized carbons (Fsp3) is 0.571. The minimum Gasteiger partial charge on any atom is -0.380 e. The summed E-state index contributed by atoms with van der Waals surface area (Å²) >= 11 is 15.9. The zero-order valence-electron chi connectivity index (χ0n) is 11.2. The Labute approximate surface area is 133 Å². The second-order valence-electron chi connectivity index (χ2n) is 5.34. The summed E-state index contributed by atoms with van der Waals surface area (Å²) in [6.07, 6.45) is 2.51. The number of halogens is 3. The number of nitrogens with zero attached hydrogens (tertiary/aromatic N) is 1. The van der Waals surface area contributed by atoms with Gasteiger partial charge in [-0.1, -0.05) is 39.1 Å². The van der Waals surface area contributed by atoms with Crippen molar-refractivity contribution in [3.05, 3.63) is 26.7 Å². The van der Waals surface area contributed by atoms with E-state index < -0.39 is 0 Å². The third-order valence-corrected chi connectivity index (χ3v) is 4.80. The monoisotopic (exact) mass is 364 g/mol. The van der Waals surface area contributed by atoms with Crippen molar-refractivity contribution in [3.8, 4) is 0 Å². The predicted molar refractivity (Wildman–Crippen MR) is 87.5 cm³/mol. The lowest BCUT2D eigenvalue weighted by Gasteiger charge is -2.34. The minimum absolute atomic E-state index is 0.360. The van der Waals surface area contributed by atoms with Crippen LogP contribution >= 0.6 is 39.1 Å². The van der Waals surface area contributed by atoms with Gasteiger partial charge in [0.1, 0.15) is 0 Å². The van der Waals surface area contributed by atoms with E-state index in [4.69, 9.17) is 23.2 Å². The maximum atomic E-state index is 6.26. The average molecular weight is 366 g/mol. The normalized spacial score (nSPS) is 22.3. The van der Waals surface area contributed by atoms with Crippen molar-refractivity contribution in [2.45, 2.75) is 25.8 Å². The van der Waals surface area contributed by atoms with Crippen molar-refractivity contribution in [2.24, 2.45) is 5.92 Å². The van der Waals surface area contributed by atoms with E-state index in [-0.39, 0.29) is 0 Å². The number of likely N-dealkylation sites (tertiary alicyclic amines) is 1. The summed E-state index contributed by atoms with van der Waals surface area (Å²) in [6.45, 7) is 4.53. The zero-order valence-corrected chi connectivity index (χ0v) is 14.3. The van der Waals surface area contributed by atoms with Gasteiger partial charge in [0.05, 0.1) is 15.7 Å². The van der Waals surface area contributed by atoms with Crippen molar-refractivity contribution in [1.29, 1.82) is 0 Å². The van der Waals surface area contributed by atoms with Gasteiger partial charge in [0.25, 0.3) is 0 Å². The summed E-state index contributed by atoms with van der Waals surface area (Å²) < 4.78 is 0.901. The zero-order chi connectivity index (χ0) is 14.0. The van der Waals surface area contributed by atoms with Crippen LogP contribution in [0.5, 0.6) is 0 Å². The summed E-state index contributed by atoms with van der Waals surface area (Å²) in [6, 6.07) is 4.10. The van der Waals surface area contributed by atoms with E-state index >= 15 is 0 Å². The lowest BCUT2D eigenvalue weighted by molar-refractivity contribution is 0.197. The quantitative estimate of drug-likeness (QED) is 0.819. The number of benzene rings is 1. The van der Waals surface area contributed by atoms with Crippen molar-refractivity contribution in [3.63, 3.8) is 0 Å². The van der Waals surface area contributed by atoms with Gasteiger partial charge < -0.3 is 10.2 Å². The Morgan fingerprint density at radius 3 is 2.58 bits per heavy atom. The molecule has 0 amide bonds. The van der Waals surface area contributed by atoms with E-state index in [1.54, 1.807) is 0 Å². The number of nitrogens with one attached hydrogen (secondary N) is 1. The van der Waals surface area contributed by atoms with E-state index in [0.717, 1.165) is 16.7 Å². The average Bonchev–Trinajstić information content (AvgIpc) is 2.33. The van der Waals surface area contributed by atoms with Crippen molar-refractivity contribution < 1.29 is 0 Å². The van der Waals surface area contributed by atoms with Gasteiger partial charge in [0, 0.05) is 17.1 Å². The van der Waals surface area contributed by atoms with Gasteiger partial charge in [0.15, 0.2) is 0 Å². The molecular weight excluding hydrogens is 347 g/mol. The fourth-order valence-electron chi connectivity index (χ4n) is 2.64. The molecule has 1 fully saturated rings. The molecule has 1 aromatic carbocycles. The molecule has 2 nitrogen and oxygen atoms in total. The Morgan fingerprint density at radius 2 is 2.00 bits per heavy atom. The second kappa shape index (κ2) is 6.66. The molecule has 2 atom stereocenters. The molecular formula is C14H19BrCl2N2. The Kier molecular flexibility index (Phi) is 5.41. The Hall–Kier alpha value is 0.0400. The highest BCUT2D eigenvalue weighted by Gasteiger charge is 2.23. The molecule has 1 saturated heterocycles. The SMILES string of the molecule is CC(Nc1c(Cl)cc(Br)cc1Cl)C1CCCN(C)C1. The van der Waals surface area contributed by atoms with Crippen LogP contribution in [0.4, 0.5) is 5.69 Å². The van der Waals surface area contributed by atoms with Gasteiger partial charge in [-0.15, -0.1) is 0 Å². The van der Waals surface area contributed by atoms with E-state index in [9.17, 15) is 0 Å². The summed E-state index contributed by atoms with van der Waals surface area (Å²) in [5.41, 5.74) is 0.840. The van der Waals surface area contributed by atoms with Gasteiger partial charge in [-0.05, 0) is 51.4 Å². The fourth-order valence-corrected chi connectivity index (χ4v) is 3.96. The molecule has 5 heteroatoms. The van der Waals surface area contributed by atoms with Crippen molar-refractivity contribution >= 4 is 44.8 Å². The van der Waals surface area contributed by atoms with Crippen LogP contribution in [0, 0.1) is 5.92 Å². The molecule has 0 saturated carbocycles. The van der Waals surface area contributed by atoms with Gasteiger partial charge >= 0.3 is 0 Å². The Balaban J connectivity index is 2.08. The van der Waals surface area contributed by atoms with Crippen LogP contribution in [0.3, 0.4) is 0 Å². The molecule has 0 aliphatic carbocycles. The first-order valence-electron chi connectivity index (χ1n) is 6.57. The number of hydrogen-bond acceptors (Lipinski definition) is 2. The lowest BCUT2D eigenvalue weighted by atomic mass is 9.92. The highest BCUT2D eigenvalue weighted by molar-refractivity contribution is 9.10. The number of rotatable bonds is 3. The largest absolute Gasteiger partial charge is 0.380 e. The van der Waals surface area contributed by atoms with Crippen LogP contribution in [0.15, 0.2) is 16.6 Å². The van der Waals surface area contributed by atoms with Gasteiger partial charge in [-0.2, -0.15) is 0 Å². The predicted octanol–water partition coefficient (Wildman–Crippen LogP) is 4.90. The molecule has 0 radical (unpaired) electrons. The molecule has 0 aromatic heterocycles. The van der Waals surface area contributed by atoms with E-state index in [0.29, 0.717) is 22.0 Å². The van der Waals surface area contributed by atoms with Gasteiger partial charge in [-0.25, -0.2) is 0 Å². The molecule has 1 heterocycles. The maximum Gasteiger partial charge on any atom is 0.0721 e. The molecule has 1 aromatic rings. The standard InChI is InChI=1S/C14H19BrCl2N2/c1-9(10-4-3-5-19(2)8-10)18-14-12(16)6-11(15)7-13(14)17/h6-7,9-10,18H,3-5,8H2,1-2H3. The molecule has 1 aliphatic rings. The first-order valence-corrected chi connectivity index (χ1v) is 8.12. The topological polar surface area (TPSA) is 15.3 Å². The van der Waals surface area contributed by atoms with Crippen LogP contribution in [-0.4, -0.2) is 31.1 Å². The van der Waals surface area contributed by atoms with Gasteiger partial charge in [0.2, 0.25) is 0 Å². The van der Waals surface area contributed by atoms with E-state index in [2.05, 4.69) is 40.1 Å². The third-order valence-electron chi connectivity index (χ3n) is 3.75. The molecule has 2 rings (SSSR count). The summed E-state index contributed by atoms with van der Waals surface area (Å²) in [5.74, 6) is 0.634. The van der Waals surface area contributed by atoms with Gasteiger partial charge in [-0.3, -0.25) is 0 Å². The van der Waals surface area contributed by atoms with Crippen LogP contribution < -0.4 is 5.32 Å². The summed E-state index contributed by atoms with van der Waals surface area (Å²) in [7, 11) is 2.18. The molecule has 0 bridgehead atoms. The molecule has 1 aliphatic heterocycles. The summed E-state index contributed by atoms with van der Waals surface area (Å²) in [5, 5.41) is 4.81. The number of piperidine rings is 1. The first kappa shape index (κ1) is 15.4. The molecule has 1 N–H and O–H groups in total. The molecule has 106 valence electrons. The highest BCUT2D eigenvalue weighted by Crippen LogP contribution is 2.35. The molecule has 2 unspecified atom stereocenters. The maximum absolute atomic E-state index is 6.26. The third kappa shape index (κ3) is 4.01. The van der Waals surface area contributed by atoms with Crippen LogP contribution in [-0.2, 0) is 0 Å². The smallest absolute Gasteiger partial charge is 0.0721 e. The van der Waals surface area contributed by atoms with E-state index in [1.165, 1.54) is 19.4 Å². The van der Waals surface area contributed by atoms with E-state index in [1.807, 2.05) is 12.1 Å². The molecule has 19 heavy (non-hydrogen) atoms. The van der Waals surface area contributed by atoms with Crippen LogP contribution in [0.1, 0.15) is 19.8 Å². The van der Waals surface area contributed by atoms with Crippen LogP contribution in [0.25, 0.3) is 0 Å².